The average Bonchev–Trinajstić information content (AvgIpc) is 2.53. The number of rotatable bonds is 8. The van der Waals surface area contributed by atoms with Crippen LogP contribution in [-0.4, -0.2) is 13.0 Å². The van der Waals surface area contributed by atoms with Gasteiger partial charge in [0.15, 0.2) is 0 Å². The monoisotopic (exact) mass is 372 g/mol. The van der Waals surface area contributed by atoms with E-state index in [2.05, 4.69) is 6.92 Å². The summed E-state index contributed by atoms with van der Waals surface area (Å²) in [4.78, 5) is -0.167. The number of ether oxygens (including phenoxy) is 1. The molecule has 0 saturated carbocycles. The third-order valence-electron chi connectivity index (χ3n) is 3.72. The Labute approximate surface area is 171 Å². The molecule has 0 fully saturated rings. The van der Waals surface area contributed by atoms with Gasteiger partial charge in [-0.1, -0.05) is 56.2 Å². The SMILES string of the molecule is CCCCCCc1c(Oc2ccccc2[O-])cccc1S(=O)(=O)O.[Na+]. The van der Waals surface area contributed by atoms with Gasteiger partial charge < -0.3 is 9.84 Å². The van der Waals surface area contributed by atoms with Crippen molar-refractivity contribution in [1.82, 2.24) is 0 Å². The Morgan fingerprint density at radius 3 is 2.32 bits per heavy atom. The first kappa shape index (κ1) is 22.0. The van der Waals surface area contributed by atoms with E-state index >= 15 is 0 Å². The topological polar surface area (TPSA) is 86.7 Å². The number of unbranched alkanes of at least 4 members (excludes halogenated alkanes) is 3. The van der Waals surface area contributed by atoms with Crippen LogP contribution in [0, 0.1) is 0 Å². The summed E-state index contributed by atoms with van der Waals surface area (Å²) in [5.41, 5.74) is 0.402. The Hall–Kier alpha value is -1.05. The summed E-state index contributed by atoms with van der Waals surface area (Å²) in [5, 5.41) is 11.8. The maximum Gasteiger partial charge on any atom is 1.00 e. The molecule has 0 heterocycles. The van der Waals surface area contributed by atoms with Crippen LogP contribution in [0.5, 0.6) is 17.2 Å². The van der Waals surface area contributed by atoms with E-state index in [9.17, 15) is 18.1 Å². The third kappa shape index (κ3) is 6.31. The normalized spacial score (nSPS) is 11.0. The number of para-hydroxylation sites is 2. The predicted molar refractivity (Wildman–Crippen MR) is 90.1 cm³/mol. The third-order valence-corrected chi connectivity index (χ3v) is 4.66. The van der Waals surface area contributed by atoms with Crippen LogP contribution in [0.25, 0.3) is 0 Å². The molecule has 0 amide bonds. The van der Waals surface area contributed by atoms with E-state index in [1.54, 1.807) is 18.2 Å². The van der Waals surface area contributed by atoms with Crippen LogP contribution in [0.3, 0.4) is 0 Å². The minimum atomic E-state index is -4.36. The van der Waals surface area contributed by atoms with Gasteiger partial charge in [-0.2, -0.15) is 8.42 Å². The van der Waals surface area contributed by atoms with Crippen molar-refractivity contribution >= 4 is 10.1 Å². The van der Waals surface area contributed by atoms with Crippen LogP contribution >= 0.6 is 0 Å². The molecule has 0 aliphatic heterocycles. The molecule has 0 saturated heterocycles. The van der Waals surface area contributed by atoms with Gasteiger partial charge in [0.1, 0.15) is 16.4 Å². The summed E-state index contributed by atoms with van der Waals surface area (Å²) in [6.45, 7) is 2.09. The molecule has 2 aromatic rings. The molecule has 130 valence electrons. The first-order chi connectivity index (χ1) is 11.4. The second-order valence-electron chi connectivity index (χ2n) is 5.57. The van der Waals surface area contributed by atoms with Crippen molar-refractivity contribution in [3.05, 3.63) is 48.0 Å². The zero-order valence-corrected chi connectivity index (χ0v) is 17.4. The second-order valence-corrected chi connectivity index (χ2v) is 6.96. The Morgan fingerprint density at radius 2 is 1.68 bits per heavy atom. The van der Waals surface area contributed by atoms with Crippen molar-refractivity contribution < 1.29 is 52.4 Å². The molecule has 0 radical (unpaired) electrons. The van der Waals surface area contributed by atoms with Crippen molar-refractivity contribution in [3.63, 3.8) is 0 Å². The largest absolute Gasteiger partial charge is 1.00 e. The van der Waals surface area contributed by atoms with Crippen LogP contribution in [0.2, 0.25) is 0 Å². The minimum Gasteiger partial charge on any atom is -0.870 e. The van der Waals surface area contributed by atoms with E-state index in [1.807, 2.05) is 0 Å². The summed E-state index contributed by atoms with van der Waals surface area (Å²) in [5.74, 6) is 0.122. The van der Waals surface area contributed by atoms with Crippen LogP contribution in [0.1, 0.15) is 38.2 Å². The molecule has 2 aromatic carbocycles. The molecule has 0 spiro atoms. The van der Waals surface area contributed by atoms with Gasteiger partial charge in [-0.25, -0.2) is 0 Å². The fourth-order valence-electron chi connectivity index (χ4n) is 2.51. The summed E-state index contributed by atoms with van der Waals surface area (Å²) < 4.78 is 38.4. The summed E-state index contributed by atoms with van der Waals surface area (Å²) >= 11 is 0. The van der Waals surface area contributed by atoms with E-state index in [-0.39, 0.29) is 51.7 Å². The second kappa shape index (κ2) is 10.2. The van der Waals surface area contributed by atoms with Crippen LogP contribution in [0.15, 0.2) is 47.4 Å². The van der Waals surface area contributed by atoms with E-state index in [1.165, 1.54) is 24.3 Å². The van der Waals surface area contributed by atoms with Gasteiger partial charge in [-0.05, 0) is 31.0 Å². The Balaban J connectivity index is 0.00000312. The Morgan fingerprint density at radius 1 is 1.00 bits per heavy atom. The van der Waals surface area contributed by atoms with Gasteiger partial charge in [0.25, 0.3) is 10.1 Å². The van der Waals surface area contributed by atoms with Gasteiger partial charge in [0.2, 0.25) is 0 Å². The standard InChI is InChI=1S/C18H22O5S.Na/c1-2-3-4-5-9-14-16(12-8-13-18(14)24(20,21)22)23-17-11-7-6-10-15(17)19;/h6-8,10-13,19H,2-5,9H2,1H3,(H,20,21,22);/q;+1/p-1. The van der Waals surface area contributed by atoms with Crippen molar-refractivity contribution in [2.24, 2.45) is 0 Å². The van der Waals surface area contributed by atoms with Crippen molar-refractivity contribution in [2.75, 3.05) is 0 Å². The first-order valence-electron chi connectivity index (χ1n) is 7.96. The zero-order valence-electron chi connectivity index (χ0n) is 14.6. The molecule has 0 aromatic heterocycles. The molecular formula is C18H21NaO5S. The number of hydrogen-bond acceptors (Lipinski definition) is 4. The predicted octanol–water partition coefficient (Wildman–Crippen LogP) is 0.926. The quantitative estimate of drug-likeness (QED) is 0.423. The fourth-order valence-corrected chi connectivity index (χ4v) is 3.28. The molecule has 0 atom stereocenters. The van der Waals surface area contributed by atoms with Gasteiger partial charge in [-0.3, -0.25) is 4.55 Å². The average molecular weight is 372 g/mol. The molecular weight excluding hydrogens is 351 g/mol. The van der Waals surface area contributed by atoms with Crippen molar-refractivity contribution in [1.29, 1.82) is 0 Å². The van der Waals surface area contributed by atoms with E-state index < -0.39 is 10.1 Å². The maximum atomic E-state index is 11.8. The first-order valence-corrected chi connectivity index (χ1v) is 9.40. The van der Waals surface area contributed by atoms with E-state index in [0.717, 1.165) is 25.7 Å². The molecule has 1 N–H and O–H groups in total. The van der Waals surface area contributed by atoms with Crippen LogP contribution < -0.4 is 39.4 Å². The van der Waals surface area contributed by atoms with Gasteiger partial charge in [-0.15, -0.1) is 0 Å². The summed E-state index contributed by atoms with van der Waals surface area (Å²) in [7, 11) is -4.36. The minimum absolute atomic E-state index is 0. The molecule has 7 heteroatoms. The Bertz CT molecular complexity index is 790. The fraction of sp³-hybridized carbons (Fsp3) is 0.333. The molecule has 0 aliphatic carbocycles. The molecule has 0 unspecified atom stereocenters. The number of benzene rings is 2. The van der Waals surface area contributed by atoms with E-state index in [0.29, 0.717) is 12.0 Å². The van der Waals surface area contributed by atoms with Gasteiger partial charge in [0.05, 0.1) is 0 Å². The molecule has 2 rings (SSSR count). The van der Waals surface area contributed by atoms with Crippen molar-refractivity contribution in [3.8, 4) is 17.2 Å². The summed E-state index contributed by atoms with van der Waals surface area (Å²) in [6.07, 6.45) is 4.29. The smallest absolute Gasteiger partial charge is 0.870 e. The maximum absolute atomic E-state index is 11.8. The van der Waals surface area contributed by atoms with E-state index in [4.69, 9.17) is 4.74 Å². The zero-order chi connectivity index (χ0) is 17.6. The molecule has 25 heavy (non-hydrogen) atoms. The van der Waals surface area contributed by atoms with Gasteiger partial charge >= 0.3 is 29.6 Å². The molecule has 0 bridgehead atoms. The van der Waals surface area contributed by atoms with Crippen LogP contribution in [0.4, 0.5) is 0 Å². The van der Waals surface area contributed by atoms with Crippen LogP contribution in [-0.2, 0) is 16.5 Å². The van der Waals surface area contributed by atoms with Crippen molar-refractivity contribution in [2.45, 2.75) is 43.9 Å². The van der Waals surface area contributed by atoms with Gasteiger partial charge in [0, 0.05) is 5.56 Å². The summed E-state index contributed by atoms with van der Waals surface area (Å²) in [6, 6.07) is 10.6. The molecule has 0 aliphatic rings. The Kier molecular flexibility index (Phi) is 8.96. The number of hydrogen-bond donors (Lipinski definition) is 1. The molecule has 5 nitrogen and oxygen atoms in total.